The number of fused-ring (bicyclic) bond motifs is 3. The van der Waals surface area contributed by atoms with E-state index in [1.54, 1.807) is 54.6 Å². The predicted molar refractivity (Wildman–Crippen MR) is 221 cm³/mol. The third-order valence-corrected chi connectivity index (χ3v) is 13.2. The molecule has 11 atom stereocenters. The summed E-state index contributed by atoms with van der Waals surface area (Å²) in [6, 6.07) is 22.3. The molecule has 2 bridgehead atoms. The average Bonchev–Trinajstić information content (AvgIpc) is 3.25. The number of hydrogen-bond acceptors (Lipinski definition) is 15. The third kappa shape index (κ3) is 8.17. The highest BCUT2D eigenvalue weighted by Crippen LogP contribution is 2.62. The van der Waals surface area contributed by atoms with Crippen LogP contribution in [0.3, 0.4) is 0 Å². The van der Waals surface area contributed by atoms with Crippen LogP contribution in [0.5, 0.6) is 0 Å². The van der Waals surface area contributed by atoms with E-state index in [9.17, 15) is 49.5 Å². The normalized spacial score (nSPS) is 30.9. The van der Waals surface area contributed by atoms with Crippen molar-refractivity contribution >= 4 is 35.6 Å². The smallest absolute Gasteiger partial charge is 0.338 e. The lowest BCUT2D eigenvalue weighted by molar-refractivity contribution is -0.290. The molecule has 16 nitrogen and oxygen atoms in total. The van der Waals surface area contributed by atoms with Crippen LogP contribution >= 0.6 is 0 Å². The molecule has 0 saturated heterocycles. The van der Waals surface area contributed by atoms with Crippen molar-refractivity contribution in [2.45, 2.75) is 108 Å². The van der Waals surface area contributed by atoms with E-state index in [2.05, 4.69) is 5.32 Å². The predicted octanol–water partition coefficient (Wildman–Crippen LogP) is 2.69. The number of aliphatic hydroxyl groups is 5. The van der Waals surface area contributed by atoms with Gasteiger partial charge in [0.2, 0.25) is 0 Å². The SMILES string of the molecule is CC(=O)O[C@H]1C(=O)[C@@]2(C)[C@H]([C@H](OC(=O)c3ccccc3)[C@]3(O)C[C@H](OC(=O)[C@H](O)[C@@H](NC(=O)c4ccccc4)c4ccccc4)C(C)=C1C3(C)C)[C@@](CO)(OC(C)=O)[C@H](O)C[C@@H]2O. The monoisotopic (exact) mass is 871 g/mol. The van der Waals surface area contributed by atoms with Gasteiger partial charge in [-0.25, -0.2) is 9.59 Å². The number of ether oxygens (including phenoxy) is 4. The van der Waals surface area contributed by atoms with Crippen molar-refractivity contribution in [2.75, 3.05) is 6.61 Å². The zero-order chi connectivity index (χ0) is 46.2. The standard InChI is InChI=1S/C47H53NO15/c1-25-31(61-43(58)36(54)35(28-16-10-7-11-17-28)48-41(56)29-18-12-8-13-19-29)23-47(59)40(62-42(57)30-20-14-9-15-21-30)38-45(6,32(52)22-33(53)46(38,24-49)63-27(3)51)39(55)37(60-26(2)50)34(25)44(47,4)5/h7-21,31-33,35-38,40,49,52-54,59H,22-24H2,1-6H3,(H,48,56)/t31-,32-,33+,35-,36+,37+,38-,40-,45+,46-,47+/m0/s1. The van der Waals surface area contributed by atoms with Crippen molar-refractivity contribution in [3.8, 4) is 0 Å². The maximum Gasteiger partial charge on any atom is 0.338 e. The summed E-state index contributed by atoms with van der Waals surface area (Å²) >= 11 is 0. The van der Waals surface area contributed by atoms with Crippen LogP contribution < -0.4 is 5.32 Å². The van der Waals surface area contributed by atoms with Crippen LogP contribution in [0.4, 0.5) is 0 Å². The fourth-order valence-corrected chi connectivity index (χ4v) is 9.88. The lowest BCUT2D eigenvalue weighted by Crippen LogP contribution is -2.78. The quantitative estimate of drug-likeness (QED) is 0.0921. The third-order valence-electron chi connectivity index (χ3n) is 13.2. The summed E-state index contributed by atoms with van der Waals surface area (Å²) in [5, 5.41) is 63.0. The molecule has 63 heavy (non-hydrogen) atoms. The first-order chi connectivity index (χ1) is 29.6. The van der Waals surface area contributed by atoms with Gasteiger partial charge in [0.15, 0.2) is 23.6 Å². The number of rotatable bonds is 11. The van der Waals surface area contributed by atoms with Gasteiger partial charge in [0.05, 0.1) is 41.8 Å². The van der Waals surface area contributed by atoms with Crippen molar-refractivity contribution in [1.82, 2.24) is 5.32 Å². The fourth-order valence-electron chi connectivity index (χ4n) is 9.88. The van der Waals surface area contributed by atoms with Crippen molar-refractivity contribution in [3.05, 3.63) is 119 Å². The van der Waals surface area contributed by atoms with Crippen LogP contribution in [-0.2, 0) is 38.1 Å². The zero-order valence-electron chi connectivity index (χ0n) is 35.7. The van der Waals surface area contributed by atoms with E-state index in [4.69, 9.17) is 18.9 Å². The van der Waals surface area contributed by atoms with Crippen LogP contribution in [0, 0.1) is 16.7 Å². The molecule has 3 aliphatic rings. The van der Waals surface area contributed by atoms with Gasteiger partial charge in [-0.1, -0.05) is 80.6 Å². The van der Waals surface area contributed by atoms with Gasteiger partial charge in [-0.3, -0.25) is 19.2 Å². The second kappa shape index (κ2) is 17.8. The molecule has 1 amide bonds. The van der Waals surface area contributed by atoms with Gasteiger partial charge < -0.3 is 49.8 Å². The molecule has 3 aromatic carbocycles. The lowest BCUT2D eigenvalue weighted by atomic mass is 9.45. The highest BCUT2D eigenvalue weighted by atomic mass is 16.6. The van der Waals surface area contributed by atoms with Gasteiger partial charge in [-0.2, -0.15) is 0 Å². The molecular weight excluding hydrogens is 819 g/mol. The molecular formula is C47H53NO15. The summed E-state index contributed by atoms with van der Waals surface area (Å²) in [6.45, 7) is 6.37. The van der Waals surface area contributed by atoms with Gasteiger partial charge in [0, 0.05) is 37.7 Å². The molecule has 16 heteroatoms. The molecule has 3 aromatic rings. The number of carbonyl (C=O) groups is 6. The number of aliphatic hydroxyl groups excluding tert-OH is 4. The highest BCUT2D eigenvalue weighted by molar-refractivity contribution is 5.96. The minimum atomic E-state index is -2.59. The zero-order valence-corrected chi connectivity index (χ0v) is 35.7. The van der Waals surface area contributed by atoms with E-state index in [1.807, 2.05) is 0 Å². The van der Waals surface area contributed by atoms with Gasteiger partial charge in [-0.05, 0) is 54.8 Å². The van der Waals surface area contributed by atoms with Crippen molar-refractivity contribution < 1.29 is 73.2 Å². The number of hydrogen-bond donors (Lipinski definition) is 6. The van der Waals surface area contributed by atoms with Crippen molar-refractivity contribution in [1.29, 1.82) is 0 Å². The van der Waals surface area contributed by atoms with E-state index in [-0.39, 0.29) is 22.3 Å². The molecule has 0 radical (unpaired) electrons. The summed E-state index contributed by atoms with van der Waals surface area (Å²) < 4.78 is 23.8. The van der Waals surface area contributed by atoms with Crippen LogP contribution in [0.1, 0.15) is 86.7 Å². The highest BCUT2D eigenvalue weighted by Gasteiger charge is 2.76. The molecule has 2 saturated carbocycles. The minimum absolute atomic E-state index is 0.0378. The Bertz CT molecular complexity index is 2260. The number of ketones is 1. The first-order valence-corrected chi connectivity index (χ1v) is 20.5. The van der Waals surface area contributed by atoms with Crippen molar-refractivity contribution in [2.24, 2.45) is 16.7 Å². The topological polar surface area (TPSA) is 253 Å². The van der Waals surface area contributed by atoms with Gasteiger partial charge >= 0.3 is 23.9 Å². The van der Waals surface area contributed by atoms with Crippen molar-refractivity contribution in [3.63, 3.8) is 0 Å². The van der Waals surface area contributed by atoms with E-state index in [1.165, 1.54) is 64.1 Å². The summed E-state index contributed by atoms with van der Waals surface area (Å²) in [6.07, 6.45) is -12.9. The lowest BCUT2D eigenvalue weighted by Gasteiger charge is -2.64. The Morgan fingerprint density at radius 2 is 1.35 bits per heavy atom. The number of amides is 1. The van der Waals surface area contributed by atoms with Crippen LogP contribution in [0.25, 0.3) is 0 Å². The van der Waals surface area contributed by atoms with Crippen LogP contribution in [0.2, 0.25) is 0 Å². The summed E-state index contributed by atoms with van der Waals surface area (Å²) in [4.78, 5) is 83.3. The maximum atomic E-state index is 15.5. The molecule has 2 fully saturated rings. The number of nitrogens with one attached hydrogen (secondary N) is 1. The molecule has 6 rings (SSSR count). The number of carbonyl (C=O) groups excluding carboxylic acids is 6. The fraction of sp³-hybridized carbons (Fsp3) is 0.447. The van der Waals surface area contributed by atoms with E-state index in [0.717, 1.165) is 13.8 Å². The molecule has 0 aromatic heterocycles. The first-order valence-electron chi connectivity index (χ1n) is 20.5. The maximum absolute atomic E-state index is 15.5. The Kier molecular flexibility index (Phi) is 13.2. The summed E-state index contributed by atoms with van der Waals surface area (Å²) in [5.74, 6) is -8.08. The minimum Gasteiger partial charge on any atom is -0.456 e. The van der Waals surface area contributed by atoms with Crippen LogP contribution in [-0.4, -0.2) is 116 Å². The average molecular weight is 872 g/mol. The molecule has 0 spiro atoms. The van der Waals surface area contributed by atoms with E-state index >= 15 is 4.79 Å². The Morgan fingerprint density at radius 3 is 1.89 bits per heavy atom. The van der Waals surface area contributed by atoms with E-state index in [0.29, 0.717) is 5.56 Å². The van der Waals surface area contributed by atoms with E-state index < -0.39 is 126 Å². The molecule has 6 N–H and O–H groups in total. The molecule has 0 aliphatic heterocycles. The second-order valence-corrected chi connectivity index (χ2v) is 17.2. The van der Waals surface area contributed by atoms with Crippen LogP contribution in [0.15, 0.2) is 102 Å². The molecule has 336 valence electrons. The Labute approximate surface area is 363 Å². The summed E-state index contributed by atoms with van der Waals surface area (Å²) in [5.41, 5.74) is -8.83. The van der Waals surface area contributed by atoms with Gasteiger partial charge in [0.1, 0.15) is 17.8 Å². The Morgan fingerprint density at radius 1 is 0.794 bits per heavy atom. The molecule has 3 aliphatic carbocycles. The molecule has 0 heterocycles. The number of Topliss-reactive ketones (excluding diaryl/α,β-unsaturated/α-hetero) is 1. The number of benzene rings is 3. The number of esters is 4. The largest absolute Gasteiger partial charge is 0.456 e. The summed E-state index contributed by atoms with van der Waals surface area (Å²) in [7, 11) is 0. The Hall–Kier alpha value is -5.78. The Balaban J connectivity index is 1.56. The molecule has 0 unspecified atom stereocenters. The first kappa shape index (κ1) is 46.7. The van der Waals surface area contributed by atoms with Gasteiger partial charge in [-0.15, -0.1) is 0 Å². The van der Waals surface area contributed by atoms with Gasteiger partial charge in [0.25, 0.3) is 5.91 Å². The second-order valence-electron chi connectivity index (χ2n) is 17.2.